The number of sulfonamides is 1. The summed E-state index contributed by atoms with van der Waals surface area (Å²) in [7, 11) is -0.989. The van der Waals surface area contributed by atoms with E-state index in [1.54, 1.807) is 11.7 Å². The Morgan fingerprint density at radius 1 is 1.32 bits per heavy atom. The predicted molar refractivity (Wildman–Crippen MR) is 96.0 cm³/mol. The summed E-state index contributed by atoms with van der Waals surface area (Å²) in [6.07, 6.45) is 0.921. The molecule has 0 aliphatic heterocycles. The quantitative estimate of drug-likeness (QED) is 0.825. The van der Waals surface area contributed by atoms with E-state index in [1.165, 1.54) is 25.2 Å². The van der Waals surface area contributed by atoms with Gasteiger partial charge in [0.15, 0.2) is 0 Å². The predicted octanol–water partition coefficient (Wildman–Crippen LogP) is 2.72. The average Bonchev–Trinajstić information content (AvgIpc) is 2.89. The van der Waals surface area contributed by atoms with E-state index in [-0.39, 0.29) is 21.2 Å². The van der Waals surface area contributed by atoms with Crippen LogP contribution in [0.15, 0.2) is 23.1 Å². The van der Waals surface area contributed by atoms with Crippen LogP contribution >= 0.6 is 11.6 Å². The van der Waals surface area contributed by atoms with Crippen molar-refractivity contribution in [2.75, 3.05) is 11.4 Å². The van der Waals surface area contributed by atoms with Gasteiger partial charge >= 0.3 is 5.97 Å². The van der Waals surface area contributed by atoms with E-state index < -0.39 is 16.0 Å². The van der Waals surface area contributed by atoms with Crippen molar-refractivity contribution >= 4 is 33.3 Å². The van der Waals surface area contributed by atoms with Gasteiger partial charge < -0.3 is 5.11 Å². The van der Waals surface area contributed by atoms with Crippen LogP contribution in [-0.4, -0.2) is 36.3 Å². The first kappa shape index (κ1) is 19.3. The monoisotopic (exact) mass is 385 g/mol. The topological polar surface area (TPSA) is 92.5 Å². The van der Waals surface area contributed by atoms with Crippen molar-refractivity contribution in [3.8, 4) is 0 Å². The number of aryl methyl sites for hydroxylation is 2. The molecular formula is C16H20ClN3O4S. The lowest BCUT2D eigenvalue weighted by Crippen LogP contribution is -2.29. The molecule has 1 heterocycles. The maximum Gasteiger partial charge on any atom is 0.337 e. The third kappa shape index (κ3) is 3.36. The van der Waals surface area contributed by atoms with E-state index in [4.69, 9.17) is 11.6 Å². The van der Waals surface area contributed by atoms with Gasteiger partial charge in [0.25, 0.3) is 10.0 Å². The van der Waals surface area contributed by atoms with Gasteiger partial charge in [0, 0.05) is 19.1 Å². The molecule has 7 nitrogen and oxygen atoms in total. The van der Waals surface area contributed by atoms with Gasteiger partial charge in [-0.25, -0.2) is 13.2 Å². The molecule has 0 amide bonds. The van der Waals surface area contributed by atoms with E-state index in [1.807, 2.05) is 13.8 Å². The van der Waals surface area contributed by atoms with E-state index in [2.05, 4.69) is 5.10 Å². The third-order valence-corrected chi connectivity index (χ3v) is 6.14. The Balaban J connectivity index is 2.70. The molecule has 2 rings (SSSR count). The molecule has 2 aromatic rings. The fraction of sp³-hybridized carbons (Fsp3) is 0.375. The first-order chi connectivity index (χ1) is 11.6. The molecule has 0 spiro atoms. The SMILES string of the molecule is CCc1nn(C)c(CC)c1S(=O)(=O)N(C)c1cc(Cl)ccc1C(=O)O. The van der Waals surface area contributed by atoms with Gasteiger partial charge in [0.05, 0.1) is 22.6 Å². The smallest absolute Gasteiger partial charge is 0.337 e. The van der Waals surface area contributed by atoms with E-state index >= 15 is 0 Å². The molecule has 0 atom stereocenters. The second-order valence-electron chi connectivity index (χ2n) is 5.49. The largest absolute Gasteiger partial charge is 0.478 e. The van der Waals surface area contributed by atoms with Crippen LogP contribution in [0.1, 0.15) is 35.6 Å². The molecule has 25 heavy (non-hydrogen) atoms. The number of aromatic nitrogens is 2. The average molecular weight is 386 g/mol. The number of hydrogen-bond donors (Lipinski definition) is 1. The van der Waals surface area contributed by atoms with E-state index in [9.17, 15) is 18.3 Å². The highest BCUT2D eigenvalue weighted by molar-refractivity contribution is 7.93. The van der Waals surface area contributed by atoms with Crippen LogP contribution in [0.2, 0.25) is 5.02 Å². The Morgan fingerprint density at radius 2 is 1.96 bits per heavy atom. The van der Waals surface area contributed by atoms with E-state index in [0.29, 0.717) is 24.2 Å². The molecule has 0 saturated carbocycles. The Labute approximate surface area is 151 Å². The van der Waals surface area contributed by atoms with Gasteiger partial charge in [-0.3, -0.25) is 8.99 Å². The minimum Gasteiger partial charge on any atom is -0.478 e. The van der Waals surface area contributed by atoms with Crippen molar-refractivity contribution in [1.82, 2.24) is 9.78 Å². The Kier molecular flexibility index (Phi) is 5.43. The number of carboxylic acid groups (broad SMARTS) is 1. The summed E-state index contributed by atoms with van der Waals surface area (Å²) >= 11 is 5.95. The molecule has 0 bridgehead atoms. The Morgan fingerprint density at radius 3 is 2.48 bits per heavy atom. The summed E-state index contributed by atoms with van der Waals surface area (Å²) in [5.41, 5.74) is 0.885. The third-order valence-electron chi connectivity index (χ3n) is 4.00. The van der Waals surface area contributed by atoms with Gasteiger partial charge in [0.2, 0.25) is 0 Å². The molecule has 1 N–H and O–H groups in total. The molecule has 0 radical (unpaired) electrons. The lowest BCUT2D eigenvalue weighted by molar-refractivity contribution is 0.0698. The zero-order valence-corrected chi connectivity index (χ0v) is 16.0. The molecule has 0 aliphatic rings. The molecular weight excluding hydrogens is 366 g/mol. The van der Waals surface area contributed by atoms with Gasteiger partial charge in [-0.15, -0.1) is 0 Å². The van der Waals surface area contributed by atoms with Crippen LogP contribution in [-0.2, 0) is 29.9 Å². The van der Waals surface area contributed by atoms with Gasteiger partial charge in [0.1, 0.15) is 4.90 Å². The van der Waals surface area contributed by atoms with Crippen LogP contribution in [0.5, 0.6) is 0 Å². The minimum absolute atomic E-state index is 0.00737. The van der Waals surface area contributed by atoms with Crippen LogP contribution in [0, 0.1) is 0 Å². The number of anilines is 1. The van der Waals surface area contributed by atoms with E-state index in [0.717, 1.165) is 4.31 Å². The van der Waals surface area contributed by atoms with Crippen LogP contribution in [0.25, 0.3) is 0 Å². The molecule has 0 unspecified atom stereocenters. The van der Waals surface area contributed by atoms with Gasteiger partial charge in [-0.1, -0.05) is 25.4 Å². The number of aromatic carboxylic acids is 1. The van der Waals surface area contributed by atoms with Crippen LogP contribution < -0.4 is 4.31 Å². The van der Waals surface area contributed by atoms with Crippen molar-refractivity contribution in [3.05, 3.63) is 40.2 Å². The summed E-state index contributed by atoms with van der Waals surface area (Å²) in [5.74, 6) is -1.23. The minimum atomic E-state index is -4.00. The lowest BCUT2D eigenvalue weighted by Gasteiger charge is -2.22. The van der Waals surface area contributed by atoms with Crippen molar-refractivity contribution in [3.63, 3.8) is 0 Å². The molecule has 136 valence electrons. The molecule has 1 aromatic carbocycles. The first-order valence-corrected chi connectivity index (χ1v) is 9.53. The van der Waals surface area contributed by atoms with Crippen molar-refractivity contribution in [2.45, 2.75) is 31.6 Å². The first-order valence-electron chi connectivity index (χ1n) is 7.71. The van der Waals surface area contributed by atoms with Gasteiger partial charge in [-0.05, 0) is 31.0 Å². The number of carbonyl (C=O) groups is 1. The van der Waals surface area contributed by atoms with Gasteiger partial charge in [-0.2, -0.15) is 5.10 Å². The number of halogens is 1. The Hall–Kier alpha value is -2.06. The van der Waals surface area contributed by atoms with Crippen LogP contribution in [0.4, 0.5) is 5.69 Å². The van der Waals surface area contributed by atoms with Crippen molar-refractivity contribution < 1.29 is 18.3 Å². The maximum atomic E-state index is 13.2. The summed E-state index contributed by atoms with van der Waals surface area (Å²) in [6.45, 7) is 3.67. The fourth-order valence-corrected chi connectivity index (χ4v) is 4.64. The second-order valence-corrected chi connectivity index (χ2v) is 7.83. The molecule has 0 fully saturated rings. The number of nitrogens with zero attached hydrogens (tertiary/aromatic N) is 3. The molecule has 1 aromatic heterocycles. The molecule has 0 aliphatic carbocycles. The zero-order chi connectivity index (χ0) is 18.9. The lowest BCUT2D eigenvalue weighted by atomic mass is 10.2. The summed E-state index contributed by atoms with van der Waals surface area (Å²) < 4.78 is 29.0. The molecule has 0 saturated heterocycles. The summed E-state index contributed by atoms with van der Waals surface area (Å²) in [6, 6.07) is 4.03. The summed E-state index contributed by atoms with van der Waals surface area (Å²) in [4.78, 5) is 11.6. The number of hydrogen-bond acceptors (Lipinski definition) is 4. The number of benzene rings is 1. The van der Waals surface area contributed by atoms with Crippen molar-refractivity contribution in [1.29, 1.82) is 0 Å². The highest BCUT2D eigenvalue weighted by Crippen LogP contribution is 2.31. The highest BCUT2D eigenvalue weighted by Gasteiger charge is 2.32. The second kappa shape index (κ2) is 7.05. The summed E-state index contributed by atoms with van der Waals surface area (Å²) in [5, 5.41) is 13.9. The number of rotatable bonds is 6. The normalized spacial score (nSPS) is 11.6. The number of carboxylic acids is 1. The highest BCUT2D eigenvalue weighted by atomic mass is 35.5. The standard InChI is InChI=1S/C16H20ClN3O4S/c1-5-12-15(13(6-2)19(3)18-12)25(23,24)20(4)14-9-10(17)7-8-11(14)16(21)22/h7-9H,5-6H2,1-4H3,(H,21,22). The fourth-order valence-electron chi connectivity index (χ4n) is 2.73. The zero-order valence-electron chi connectivity index (χ0n) is 14.4. The maximum absolute atomic E-state index is 13.2. The van der Waals surface area contributed by atoms with Crippen molar-refractivity contribution in [2.24, 2.45) is 7.05 Å². The Bertz CT molecular complexity index is 922. The van der Waals surface area contributed by atoms with Crippen LogP contribution in [0.3, 0.4) is 0 Å². The molecule has 9 heteroatoms.